The quantitative estimate of drug-likeness (QED) is 0.404. The molecule has 0 aliphatic rings. The summed E-state index contributed by atoms with van der Waals surface area (Å²) in [6.07, 6.45) is 0.580. The van der Waals surface area contributed by atoms with Crippen LogP contribution in [-0.2, 0) is 16.1 Å². The van der Waals surface area contributed by atoms with Crippen molar-refractivity contribution in [3.05, 3.63) is 63.1 Å². The van der Waals surface area contributed by atoms with Gasteiger partial charge in [-0.15, -0.1) is 0 Å². The number of aryl methyl sites for hydroxylation is 1. The molecule has 0 fully saturated rings. The number of rotatable bonds is 8. The smallest absolute Gasteiger partial charge is 0.419 e. The number of fused-ring (bicyclic) bond motifs is 1. The van der Waals surface area contributed by atoms with Crippen LogP contribution in [0, 0.1) is 0 Å². The monoisotopic (exact) mass is 451 g/mol. The van der Waals surface area contributed by atoms with Gasteiger partial charge in [-0.2, -0.15) is 0 Å². The van der Waals surface area contributed by atoms with E-state index in [1.807, 2.05) is 0 Å². The average Bonchev–Trinajstić information content (AvgIpc) is 3.04. The molecule has 1 heterocycles. The molecule has 10 heteroatoms. The Morgan fingerprint density at radius 3 is 2.53 bits per heavy atom. The van der Waals surface area contributed by atoms with E-state index in [4.69, 9.17) is 32.4 Å². The Kier molecular flexibility index (Phi) is 7.37. The van der Waals surface area contributed by atoms with Gasteiger partial charge in [-0.25, -0.2) is 4.79 Å². The summed E-state index contributed by atoms with van der Waals surface area (Å²) in [4.78, 5) is 35.7. The van der Waals surface area contributed by atoms with Crippen molar-refractivity contribution < 1.29 is 18.7 Å². The number of carbonyl (C=O) groups excluding carboxylic acids is 2. The normalized spacial score (nSPS) is 10.7. The summed E-state index contributed by atoms with van der Waals surface area (Å²) in [7, 11) is 0. The molecule has 0 saturated heterocycles. The van der Waals surface area contributed by atoms with E-state index in [-0.39, 0.29) is 31.9 Å². The van der Waals surface area contributed by atoms with Gasteiger partial charge in [-0.3, -0.25) is 25.0 Å². The molecule has 0 unspecified atom stereocenters. The van der Waals surface area contributed by atoms with Crippen molar-refractivity contribution in [2.75, 3.05) is 6.61 Å². The zero-order valence-electron chi connectivity index (χ0n) is 15.8. The number of benzene rings is 2. The van der Waals surface area contributed by atoms with Gasteiger partial charge in [-0.1, -0.05) is 35.3 Å². The first-order chi connectivity index (χ1) is 14.4. The number of nitrogens with one attached hydrogen (secondary N) is 2. The SMILES string of the molecule is O=C(CCCOc1ccc(Cl)cc1Cl)NNC(=O)CCn1c(=O)oc2ccccc21. The van der Waals surface area contributed by atoms with Crippen LogP contribution in [0.1, 0.15) is 19.3 Å². The molecule has 3 rings (SSSR count). The van der Waals surface area contributed by atoms with Gasteiger partial charge in [0.05, 0.1) is 17.1 Å². The number of hydrogen-bond acceptors (Lipinski definition) is 5. The van der Waals surface area contributed by atoms with E-state index >= 15 is 0 Å². The van der Waals surface area contributed by atoms with E-state index < -0.39 is 11.7 Å². The van der Waals surface area contributed by atoms with Crippen LogP contribution in [0.2, 0.25) is 10.0 Å². The molecule has 158 valence electrons. The van der Waals surface area contributed by atoms with E-state index in [0.29, 0.717) is 33.3 Å². The van der Waals surface area contributed by atoms with Crippen LogP contribution < -0.4 is 21.3 Å². The zero-order chi connectivity index (χ0) is 21.5. The van der Waals surface area contributed by atoms with Gasteiger partial charge in [0.1, 0.15) is 5.75 Å². The van der Waals surface area contributed by atoms with Gasteiger partial charge in [0.15, 0.2) is 5.58 Å². The molecule has 30 heavy (non-hydrogen) atoms. The molecule has 0 spiro atoms. The Balaban J connectivity index is 1.35. The number of carbonyl (C=O) groups is 2. The first kappa shape index (κ1) is 21.7. The first-order valence-electron chi connectivity index (χ1n) is 9.18. The van der Waals surface area contributed by atoms with Crippen molar-refractivity contribution in [3.63, 3.8) is 0 Å². The van der Waals surface area contributed by atoms with E-state index in [9.17, 15) is 14.4 Å². The second-order valence-electron chi connectivity index (χ2n) is 6.36. The standard InChI is InChI=1S/C20H19Cl2N3O5/c21-13-7-8-16(14(22)12-13)29-11-3-6-18(26)23-24-19(27)9-10-25-15-4-1-2-5-17(15)30-20(25)28/h1-2,4-5,7-8,12H,3,6,9-11H2,(H,23,26)(H,24,27). The summed E-state index contributed by atoms with van der Waals surface area (Å²) in [5.41, 5.74) is 5.73. The number of ether oxygens (including phenoxy) is 1. The fourth-order valence-electron chi connectivity index (χ4n) is 2.71. The van der Waals surface area contributed by atoms with Gasteiger partial charge in [0, 0.05) is 24.4 Å². The van der Waals surface area contributed by atoms with E-state index in [1.165, 1.54) is 4.57 Å². The lowest BCUT2D eigenvalue weighted by Gasteiger charge is -2.09. The van der Waals surface area contributed by atoms with Crippen LogP contribution in [0.25, 0.3) is 11.1 Å². The Hall–Kier alpha value is -2.97. The lowest BCUT2D eigenvalue weighted by atomic mass is 10.3. The zero-order valence-corrected chi connectivity index (χ0v) is 17.3. The van der Waals surface area contributed by atoms with E-state index in [1.54, 1.807) is 42.5 Å². The molecule has 2 N–H and O–H groups in total. The molecule has 8 nitrogen and oxygen atoms in total. The number of hydrogen-bond donors (Lipinski definition) is 2. The lowest BCUT2D eigenvalue weighted by Crippen LogP contribution is -2.42. The molecule has 2 amide bonds. The van der Waals surface area contributed by atoms with Crippen molar-refractivity contribution in [2.24, 2.45) is 0 Å². The Morgan fingerprint density at radius 1 is 1.03 bits per heavy atom. The number of hydrazine groups is 1. The van der Waals surface area contributed by atoms with Crippen molar-refractivity contribution in [2.45, 2.75) is 25.8 Å². The van der Waals surface area contributed by atoms with Crippen molar-refractivity contribution in [1.29, 1.82) is 0 Å². The molecule has 1 aromatic heterocycles. The molecule has 0 aliphatic heterocycles. The summed E-state index contributed by atoms with van der Waals surface area (Å²) in [6, 6.07) is 11.8. The molecular formula is C20H19Cl2N3O5. The highest BCUT2D eigenvalue weighted by Crippen LogP contribution is 2.27. The second-order valence-corrected chi connectivity index (χ2v) is 7.20. The number of para-hydroxylation sites is 2. The summed E-state index contributed by atoms with van der Waals surface area (Å²) in [5, 5.41) is 0.900. The Bertz CT molecular complexity index is 1110. The van der Waals surface area contributed by atoms with Gasteiger partial charge in [0.25, 0.3) is 0 Å². The summed E-state index contributed by atoms with van der Waals surface area (Å²) >= 11 is 11.8. The largest absolute Gasteiger partial charge is 0.492 e. The van der Waals surface area contributed by atoms with Gasteiger partial charge >= 0.3 is 5.76 Å². The predicted octanol–water partition coefficient (Wildman–Crippen LogP) is 3.30. The maximum Gasteiger partial charge on any atom is 0.419 e. The first-order valence-corrected chi connectivity index (χ1v) is 9.93. The van der Waals surface area contributed by atoms with Gasteiger partial charge < -0.3 is 9.15 Å². The highest BCUT2D eigenvalue weighted by molar-refractivity contribution is 6.35. The molecule has 0 atom stereocenters. The van der Waals surface area contributed by atoms with Gasteiger partial charge in [-0.05, 0) is 36.8 Å². The van der Waals surface area contributed by atoms with Crippen molar-refractivity contribution in [3.8, 4) is 5.75 Å². The topological polar surface area (TPSA) is 103 Å². The third-order valence-corrected chi connectivity index (χ3v) is 4.71. The molecular weight excluding hydrogens is 433 g/mol. The molecule has 2 aromatic carbocycles. The highest BCUT2D eigenvalue weighted by atomic mass is 35.5. The predicted molar refractivity (Wildman–Crippen MR) is 113 cm³/mol. The minimum Gasteiger partial charge on any atom is -0.492 e. The molecule has 0 radical (unpaired) electrons. The van der Waals surface area contributed by atoms with Crippen LogP contribution in [0.15, 0.2) is 51.7 Å². The molecule has 3 aromatic rings. The third-order valence-electron chi connectivity index (χ3n) is 4.18. The summed E-state index contributed by atoms with van der Waals surface area (Å²) < 4.78 is 12.0. The number of aromatic nitrogens is 1. The Morgan fingerprint density at radius 2 is 1.77 bits per heavy atom. The van der Waals surface area contributed by atoms with Crippen molar-refractivity contribution >= 4 is 46.1 Å². The van der Waals surface area contributed by atoms with Crippen LogP contribution >= 0.6 is 23.2 Å². The lowest BCUT2D eigenvalue weighted by molar-refractivity contribution is -0.129. The van der Waals surface area contributed by atoms with Crippen LogP contribution in [0.4, 0.5) is 0 Å². The van der Waals surface area contributed by atoms with Crippen molar-refractivity contribution in [1.82, 2.24) is 15.4 Å². The van der Waals surface area contributed by atoms with Crippen LogP contribution in [0.5, 0.6) is 5.75 Å². The minimum absolute atomic E-state index is 0.00188. The number of oxazole rings is 1. The second kappa shape index (κ2) is 10.2. The number of nitrogens with zero attached hydrogens (tertiary/aromatic N) is 1. The number of halogens is 2. The molecule has 0 aliphatic carbocycles. The maximum absolute atomic E-state index is 11.9. The van der Waals surface area contributed by atoms with Crippen LogP contribution in [-0.4, -0.2) is 23.0 Å². The van der Waals surface area contributed by atoms with E-state index in [0.717, 1.165) is 0 Å². The average molecular weight is 452 g/mol. The van der Waals surface area contributed by atoms with E-state index in [2.05, 4.69) is 10.9 Å². The molecule has 0 saturated carbocycles. The maximum atomic E-state index is 11.9. The Labute approximate surface area is 181 Å². The minimum atomic E-state index is -0.533. The van der Waals surface area contributed by atoms with Gasteiger partial charge in [0.2, 0.25) is 11.8 Å². The van der Waals surface area contributed by atoms with Crippen LogP contribution in [0.3, 0.4) is 0 Å². The number of amides is 2. The summed E-state index contributed by atoms with van der Waals surface area (Å²) in [6.45, 7) is 0.409. The highest BCUT2D eigenvalue weighted by Gasteiger charge is 2.11. The molecule has 0 bridgehead atoms. The fraction of sp³-hybridized carbons (Fsp3) is 0.250. The third kappa shape index (κ3) is 5.77. The fourth-order valence-corrected chi connectivity index (χ4v) is 3.17. The summed E-state index contributed by atoms with van der Waals surface area (Å²) in [5.74, 6) is -0.838.